The van der Waals surface area contributed by atoms with Crippen LogP contribution in [0.4, 0.5) is 0 Å². The average Bonchev–Trinajstić information content (AvgIpc) is 3.29. The number of hydrogen-bond donors (Lipinski definition) is 0. The molecular formula is C21H21ClN2O5. The molecule has 0 N–H and O–H groups in total. The van der Waals surface area contributed by atoms with Crippen LogP contribution in [0, 0.1) is 6.92 Å². The van der Waals surface area contributed by atoms with E-state index in [9.17, 15) is 0 Å². The summed E-state index contributed by atoms with van der Waals surface area (Å²) >= 11 is 6.19. The molecule has 3 saturated heterocycles. The first-order chi connectivity index (χ1) is 13.9. The molecule has 0 spiro atoms. The van der Waals surface area contributed by atoms with Crippen molar-refractivity contribution in [3.8, 4) is 11.6 Å². The zero-order valence-corrected chi connectivity index (χ0v) is 17.1. The molecule has 4 aliphatic heterocycles. The molecule has 6 rings (SSSR count). The van der Waals surface area contributed by atoms with Crippen molar-refractivity contribution in [2.75, 3.05) is 6.61 Å². The van der Waals surface area contributed by atoms with E-state index >= 15 is 0 Å². The topological polar surface area (TPSA) is 64.0 Å². The molecule has 8 heteroatoms. The lowest BCUT2D eigenvalue weighted by atomic mass is 9.81. The lowest BCUT2D eigenvalue weighted by Crippen LogP contribution is -2.45. The molecule has 0 radical (unpaired) electrons. The van der Waals surface area contributed by atoms with Crippen LogP contribution >= 0.6 is 11.6 Å². The molecule has 3 fully saturated rings. The van der Waals surface area contributed by atoms with E-state index in [1.165, 1.54) is 0 Å². The third-order valence-electron chi connectivity index (χ3n) is 5.95. The van der Waals surface area contributed by atoms with Crippen LogP contribution in [0.3, 0.4) is 0 Å². The molecule has 0 bridgehead atoms. The molecule has 152 valence electrons. The zero-order chi connectivity index (χ0) is 19.9. The summed E-state index contributed by atoms with van der Waals surface area (Å²) in [6.07, 6.45) is 0.650. The predicted molar refractivity (Wildman–Crippen MR) is 103 cm³/mol. The first-order valence-corrected chi connectivity index (χ1v) is 10.1. The van der Waals surface area contributed by atoms with Crippen LogP contribution < -0.4 is 4.74 Å². The van der Waals surface area contributed by atoms with E-state index in [0.29, 0.717) is 17.5 Å². The number of fused-ring (bicyclic) bond motifs is 7. The van der Waals surface area contributed by atoms with Gasteiger partial charge in [0.2, 0.25) is 5.88 Å². The summed E-state index contributed by atoms with van der Waals surface area (Å²) in [5.41, 5.74) is 3.78. The average molecular weight is 417 g/mol. The minimum Gasteiger partial charge on any atom is -0.446 e. The van der Waals surface area contributed by atoms with E-state index in [4.69, 9.17) is 40.4 Å². The third-order valence-corrected chi connectivity index (χ3v) is 6.18. The monoisotopic (exact) mass is 416 g/mol. The third kappa shape index (κ3) is 2.62. The fourth-order valence-corrected chi connectivity index (χ4v) is 5.00. The van der Waals surface area contributed by atoms with Crippen LogP contribution in [0.25, 0.3) is 5.69 Å². The minimum atomic E-state index is -0.673. The molecule has 0 aliphatic carbocycles. The lowest BCUT2D eigenvalue weighted by molar-refractivity contribution is -0.223. The lowest BCUT2D eigenvalue weighted by Gasteiger charge is -2.38. The van der Waals surface area contributed by atoms with E-state index in [2.05, 4.69) is 0 Å². The number of benzene rings is 1. The summed E-state index contributed by atoms with van der Waals surface area (Å²) in [5.74, 6) is -0.0121. The number of halogens is 1. The van der Waals surface area contributed by atoms with Crippen LogP contribution in [0.15, 0.2) is 36.1 Å². The molecule has 5 atom stereocenters. The molecule has 1 aromatic carbocycles. The summed E-state index contributed by atoms with van der Waals surface area (Å²) in [5, 5.41) is 5.39. The standard InChI is InChI=1S/C21H21ClN2O5/c1-10-14-15-11(8-25-17-16(15)27-20-18(17)28-21(2,3)29-20)9-26-19(14)24(23-10)13-6-4-5-12(22)7-13/h4-7,9,15-18,20H,8H2,1-3H3/t15-,16-,17+,18-,20-/m1/s1. The van der Waals surface area contributed by atoms with Gasteiger partial charge < -0.3 is 23.7 Å². The largest absolute Gasteiger partial charge is 0.446 e. The molecule has 0 amide bonds. The molecule has 0 saturated carbocycles. The highest BCUT2D eigenvalue weighted by atomic mass is 35.5. The smallest absolute Gasteiger partial charge is 0.225 e. The van der Waals surface area contributed by atoms with Gasteiger partial charge in [-0.2, -0.15) is 5.10 Å². The van der Waals surface area contributed by atoms with Gasteiger partial charge in [-0.05, 0) is 39.0 Å². The van der Waals surface area contributed by atoms with Crippen LogP contribution in [-0.2, 0) is 18.9 Å². The number of rotatable bonds is 1. The van der Waals surface area contributed by atoms with Gasteiger partial charge in [0, 0.05) is 22.1 Å². The quantitative estimate of drug-likeness (QED) is 0.709. The molecule has 2 aromatic rings. The highest BCUT2D eigenvalue weighted by molar-refractivity contribution is 6.30. The van der Waals surface area contributed by atoms with Gasteiger partial charge in [0.1, 0.15) is 18.3 Å². The van der Waals surface area contributed by atoms with Crippen LogP contribution in [0.2, 0.25) is 5.02 Å². The summed E-state index contributed by atoms with van der Waals surface area (Å²) in [6.45, 7) is 6.24. The Kier molecular flexibility index (Phi) is 3.74. The summed E-state index contributed by atoms with van der Waals surface area (Å²) < 4.78 is 32.2. The van der Waals surface area contributed by atoms with Gasteiger partial charge in [0.15, 0.2) is 12.1 Å². The molecular weight excluding hydrogens is 396 g/mol. The van der Waals surface area contributed by atoms with E-state index in [-0.39, 0.29) is 24.2 Å². The van der Waals surface area contributed by atoms with Crippen molar-refractivity contribution >= 4 is 11.6 Å². The van der Waals surface area contributed by atoms with Crippen molar-refractivity contribution in [2.24, 2.45) is 0 Å². The normalized spacial score (nSPS) is 33.9. The highest BCUT2D eigenvalue weighted by Gasteiger charge is 2.60. The highest BCUT2D eigenvalue weighted by Crippen LogP contribution is 2.51. The fraction of sp³-hybridized carbons (Fsp3) is 0.476. The van der Waals surface area contributed by atoms with Crippen molar-refractivity contribution in [1.29, 1.82) is 0 Å². The van der Waals surface area contributed by atoms with E-state index in [0.717, 1.165) is 22.5 Å². The van der Waals surface area contributed by atoms with Crippen molar-refractivity contribution in [2.45, 2.75) is 57.1 Å². The number of nitrogens with zero attached hydrogens (tertiary/aromatic N) is 2. The van der Waals surface area contributed by atoms with Gasteiger partial charge >= 0.3 is 0 Å². The molecule has 5 heterocycles. The van der Waals surface area contributed by atoms with Gasteiger partial charge in [0.05, 0.1) is 24.3 Å². The Morgan fingerprint density at radius 2 is 2.03 bits per heavy atom. The van der Waals surface area contributed by atoms with Crippen LogP contribution in [0.1, 0.15) is 31.0 Å². The SMILES string of the molecule is Cc1nn(-c2cccc(Cl)c2)c2c1[C@H]1C(=CO2)CO[C@@H]2[C@H]3OC(C)(C)O[C@H]3O[C@@H]21. The van der Waals surface area contributed by atoms with Crippen molar-refractivity contribution in [3.05, 3.63) is 52.4 Å². The molecule has 29 heavy (non-hydrogen) atoms. The van der Waals surface area contributed by atoms with E-state index in [1.54, 1.807) is 10.9 Å². The van der Waals surface area contributed by atoms with Gasteiger partial charge in [-0.15, -0.1) is 0 Å². The molecule has 1 aromatic heterocycles. The Labute approximate surface area is 173 Å². The van der Waals surface area contributed by atoms with Gasteiger partial charge in [-0.3, -0.25) is 0 Å². The summed E-state index contributed by atoms with van der Waals surface area (Å²) in [6, 6.07) is 7.55. The van der Waals surface area contributed by atoms with E-state index in [1.807, 2.05) is 45.0 Å². The second kappa shape index (κ2) is 6.06. The second-order valence-electron chi connectivity index (χ2n) is 8.33. The number of hydrogen-bond acceptors (Lipinski definition) is 6. The Morgan fingerprint density at radius 1 is 1.17 bits per heavy atom. The maximum Gasteiger partial charge on any atom is 0.225 e. The first kappa shape index (κ1) is 17.9. The van der Waals surface area contributed by atoms with Crippen molar-refractivity contribution < 1.29 is 23.7 Å². The van der Waals surface area contributed by atoms with Crippen LogP contribution in [-0.4, -0.2) is 46.8 Å². The molecule has 7 nitrogen and oxygen atoms in total. The van der Waals surface area contributed by atoms with Gasteiger partial charge in [-0.1, -0.05) is 17.7 Å². The Bertz CT molecular complexity index is 1030. The summed E-state index contributed by atoms with van der Waals surface area (Å²) in [7, 11) is 0. The maximum absolute atomic E-state index is 6.31. The second-order valence-corrected chi connectivity index (χ2v) is 8.77. The molecule has 0 unspecified atom stereocenters. The van der Waals surface area contributed by atoms with Gasteiger partial charge in [-0.25, -0.2) is 4.68 Å². The Morgan fingerprint density at radius 3 is 2.86 bits per heavy atom. The van der Waals surface area contributed by atoms with E-state index < -0.39 is 12.1 Å². The number of aryl methyl sites for hydroxylation is 1. The van der Waals surface area contributed by atoms with Crippen molar-refractivity contribution in [1.82, 2.24) is 9.78 Å². The summed E-state index contributed by atoms with van der Waals surface area (Å²) in [4.78, 5) is 0. The molecule has 4 aliphatic rings. The minimum absolute atomic E-state index is 0.0219. The first-order valence-electron chi connectivity index (χ1n) is 9.75. The fourth-order valence-electron chi connectivity index (χ4n) is 4.82. The van der Waals surface area contributed by atoms with Gasteiger partial charge in [0.25, 0.3) is 0 Å². The Balaban J connectivity index is 1.41. The predicted octanol–water partition coefficient (Wildman–Crippen LogP) is 3.47. The zero-order valence-electron chi connectivity index (χ0n) is 16.3. The Hall–Kier alpha value is -1.90. The van der Waals surface area contributed by atoms with Crippen LogP contribution in [0.5, 0.6) is 5.88 Å². The van der Waals surface area contributed by atoms with Crippen molar-refractivity contribution in [3.63, 3.8) is 0 Å². The maximum atomic E-state index is 6.31. The number of ether oxygens (including phenoxy) is 5. The number of aromatic nitrogens is 2.